The van der Waals surface area contributed by atoms with Crippen molar-refractivity contribution in [1.82, 2.24) is 4.90 Å². The first-order chi connectivity index (χ1) is 11.1. The second-order valence-electron chi connectivity index (χ2n) is 6.75. The molecule has 2 fully saturated rings. The van der Waals surface area contributed by atoms with Crippen molar-refractivity contribution in [3.63, 3.8) is 0 Å². The van der Waals surface area contributed by atoms with Crippen molar-refractivity contribution < 1.29 is 9.53 Å². The summed E-state index contributed by atoms with van der Waals surface area (Å²) in [6.45, 7) is 6.59. The Morgan fingerprint density at radius 1 is 1.22 bits per heavy atom. The predicted molar refractivity (Wildman–Crippen MR) is 92.8 cm³/mol. The fourth-order valence-electron chi connectivity index (χ4n) is 4.30. The summed E-state index contributed by atoms with van der Waals surface area (Å²) in [4.78, 5) is 16.3. The predicted octanol–water partition coefficient (Wildman–Crippen LogP) is 2.86. The smallest absolute Gasteiger partial charge is 0.248 e. The molecular formula is C19H28N2O2. The van der Waals surface area contributed by atoms with Gasteiger partial charge in [-0.25, -0.2) is 0 Å². The van der Waals surface area contributed by atoms with E-state index in [0.717, 1.165) is 38.8 Å². The number of hydrogen-bond donors (Lipinski definition) is 0. The third-order valence-corrected chi connectivity index (χ3v) is 5.66. The Balaban J connectivity index is 1.76. The second-order valence-corrected chi connectivity index (χ2v) is 6.75. The molecule has 1 unspecified atom stereocenters. The number of amides is 1. The van der Waals surface area contributed by atoms with E-state index in [-0.39, 0.29) is 24.2 Å². The lowest BCUT2D eigenvalue weighted by molar-refractivity contribution is -0.180. The van der Waals surface area contributed by atoms with Gasteiger partial charge < -0.3 is 14.5 Å². The minimum Gasteiger partial charge on any atom is -0.371 e. The third-order valence-electron chi connectivity index (χ3n) is 5.66. The van der Waals surface area contributed by atoms with E-state index >= 15 is 0 Å². The molecule has 2 saturated heterocycles. The van der Waals surface area contributed by atoms with Gasteiger partial charge in [-0.3, -0.25) is 4.79 Å². The van der Waals surface area contributed by atoms with Gasteiger partial charge in [0.05, 0.1) is 11.6 Å². The largest absolute Gasteiger partial charge is 0.371 e. The highest BCUT2D eigenvalue weighted by Gasteiger charge is 2.48. The van der Waals surface area contributed by atoms with E-state index < -0.39 is 0 Å². The summed E-state index contributed by atoms with van der Waals surface area (Å²) in [7, 11) is 1.93. The van der Waals surface area contributed by atoms with Crippen molar-refractivity contribution in [2.24, 2.45) is 0 Å². The molecule has 0 saturated carbocycles. The molecule has 0 N–H and O–H groups in total. The van der Waals surface area contributed by atoms with Gasteiger partial charge in [0.25, 0.3) is 0 Å². The van der Waals surface area contributed by atoms with Crippen LogP contribution in [0.1, 0.15) is 38.7 Å². The first-order valence-electron chi connectivity index (χ1n) is 8.83. The van der Waals surface area contributed by atoms with Crippen LogP contribution in [0.15, 0.2) is 24.3 Å². The average molecular weight is 316 g/mol. The molecule has 0 aliphatic carbocycles. The summed E-state index contributed by atoms with van der Waals surface area (Å²) in [6.07, 6.45) is 3.99. The van der Waals surface area contributed by atoms with E-state index in [2.05, 4.69) is 43.0 Å². The monoisotopic (exact) mass is 316 g/mol. The van der Waals surface area contributed by atoms with Crippen LogP contribution in [0, 0.1) is 0 Å². The van der Waals surface area contributed by atoms with Crippen molar-refractivity contribution in [3.05, 3.63) is 29.8 Å². The Morgan fingerprint density at radius 3 is 2.57 bits per heavy atom. The molecule has 1 spiro atoms. The highest BCUT2D eigenvalue weighted by molar-refractivity contribution is 5.78. The fourth-order valence-corrected chi connectivity index (χ4v) is 4.30. The summed E-state index contributed by atoms with van der Waals surface area (Å²) in [6, 6.07) is 8.89. The lowest BCUT2D eigenvalue weighted by Gasteiger charge is -2.52. The van der Waals surface area contributed by atoms with Crippen molar-refractivity contribution >= 4 is 11.6 Å². The maximum absolute atomic E-state index is 11.9. The lowest BCUT2D eigenvalue weighted by Crippen LogP contribution is -2.63. The molecule has 126 valence electrons. The van der Waals surface area contributed by atoms with E-state index in [1.54, 1.807) is 0 Å². The van der Waals surface area contributed by atoms with E-state index in [1.807, 2.05) is 11.9 Å². The van der Waals surface area contributed by atoms with Crippen LogP contribution in [0.25, 0.3) is 0 Å². The number of piperidine rings is 1. The van der Waals surface area contributed by atoms with Gasteiger partial charge in [0.15, 0.2) is 0 Å². The molecule has 2 aliphatic heterocycles. The number of carbonyl (C=O) groups excluding carboxylic acids is 1. The normalized spacial score (nSPS) is 24.3. The molecule has 1 aromatic carbocycles. The molecule has 23 heavy (non-hydrogen) atoms. The molecule has 0 radical (unpaired) electrons. The third kappa shape index (κ3) is 2.85. The average Bonchev–Trinajstić information content (AvgIpc) is 2.60. The first kappa shape index (κ1) is 16.3. The zero-order valence-corrected chi connectivity index (χ0v) is 14.5. The molecule has 2 heterocycles. The highest BCUT2D eigenvalue weighted by atomic mass is 16.5. The van der Waals surface area contributed by atoms with Crippen molar-refractivity contribution in [3.8, 4) is 0 Å². The van der Waals surface area contributed by atoms with Crippen LogP contribution in [-0.4, -0.2) is 49.2 Å². The van der Waals surface area contributed by atoms with Gasteiger partial charge in [-0.05, 0) is 37.3 Å². The number of morpholine rings is 1. The minimum atomic E-state index is -0.158. The van der Waals surface area contributed by atoms with Crippen LogP contribution in [-0.2, 0) is 16.0 Å². The van der Waals surface area contributed by atoms with Gasteiger partial charge in [-0.2, -0.15) is 0 Å². The minimum absolute atomic E-state index is 0.112. The number of hydrogen-bond acceptors (Lipinski definition) is 3. The maximum Gasteiger partial charge on any atom is 0.248 e. The molecule has 0 bridgehead atoms. The number of ether oxygens (including phenoxy) is 1. The lowest BCUT2D eigenvalue weighted by atomic mass is 9.80. The van der Waals surface area contributed by atoms with Crippen LogP contribution >= 0.6 is 0 Å². The van der Waals surface area contributed by atoms with Crippen LogP contribution in [0.2, 0.25) is 0 Å². The van der Waals surface area contributed by atoms with Gasteiger partial charge in [-0.15, -0.1) is 0 Å². The number of rotatable bonds is 3. The maximum atomic E-state index is 11.9. The Morgan fingerprint density at radius 2 is 1.91 bits per heavy atom. The van der Waals surface area contributed by atoms with Gasteiger partial charge in [0.2, 0.25) is 5.91 Å². The molecule has 3 rings (SSSR count). The first-order valence-corrected chi connectivity index (χ1v) is 8.83. The zero-order valence-electron chi connectivity index (χ0n) is 14.5. The molecule has 2 aliphatic rings. The summed E-state index contributed by atoms with van der Waals surface area (Å²) >= 11 is 0. The number of para-hydroxylation sites is 1. The van der Waals surface area contributed by atoms with Crippen LogP contribution < -0.4 is 4.90 Å². The standard InChI is InChI=1S/C19H28N2O2/c1-4-15-8-6-7-9-16(15)21-12-10-19(11-13-21)17(5-2)20(3)18(22)14-23-19/h6-9,17H,4-5,10-14H2,1-3H3. The molecule has 1 aromatic rings. The number of likely N-dealkylation sites (N-methyl/N-ethyl adjacent to an activating group) is 1. The van der Waals surface area contributed by atoms with Crippen molar-refractivity contribution in [2.45, 2.75) is 51.2 Å². The Labute approximate surface area is 139 Å². The van der Waals surface area contributed by atoms with E-state index in [1.165, 1.54) is 11.3 Å². The van der Waals surface area contributed by atoms with Gasteiger partial charge in [0.1, 0.15) is 6.61 Å². The summed E-state index contributed by atoms with van der Waals surface area (Å²) in [5.41, 5.74) is 2.61. The van der Waals surface area contributed by atoms with Crippen LogP contribution in [0.4, 0.5) is 5.69 Å². The Bertz CT molecular complexity index is 564. The summed E-state index contributed by atoms with van der Waals surface area (Å²) in [5.74, 6) is 0.112. The number of anilines is 1. The number of carbonyl (C=O) groups is 1. The molecule has 4 nitrogen and oxygen atoms in total. The van der Waals surface area contributed by atoms with Gasteiger partial charge in [-0.1, -0.05) is 32.0 Å². The van der Waals surface area contributed by atoms with Crippen LogP contribution in [0.5, 0.6) is 0 Å². The SMILES string of the molecule is CCc1ccccc1N1CCC2(CC1)OCC(=O)N(C)C2CC. The molecule has 1 atom stereocenters. The quantitative estimate of drug-likeness (QED) is 0.859. The van der Waals surface area contributed by atoms with Crippen LogP contribution in [0.3, 0.4) is 0 Å². The molecular weight excluding hydrogens is 288 g/mol. The van der Waals surface area contributed by atoms with Gasteiger partial charge in [0, 0.05) is 25.8 Å². The number of benzene rings is 1. The van der Waals surface area contributed by atoms with E-state index in [4.69, 9.17) is 4.74 Å². The van der Waals surface area contributed by atoms with Crippen molar-refractivity contribution in [1.29, 1.82) is 0 Å². The Hall–Kier alpha value is -1.55. The Kier molecular flexibility index (Phi) is 4.62. The van der Waals surface area contributed by atoms with Crippen molar-refractivity contribution in [2.75, 3.05) is 31.6 Å². The second kappa shape index (κ2) is 6.52. The zero-order chi connectivity index (χ0) is 16.4. The molecule has 4 heteroatoms. The highest BCUT2D eigenvalue weighted by Crippen LogP contribution is 2.38. The number of nitrogens with zero attached hydrogens (tertiary/aromatic N) is 2. The van der Waals surface area contributed by atoms with E-state index in [9.17, 15) is 4.79 Å². The molecule has 0 aromatic heterocycles. The topological polar surface area (TPSA) is 32.8 Å². The number of aryl methyl sites for hydroxylation is 1. The van der Waals surface area contributed by atoms with E-state index in [0.29, 0.717) is 0 Å². The molecule has 1 amide bonds. The van der Waals surface area contributed by atoms with Gasteiger partial charge >= 0.3 is 0 Å². The summed E-state index contributed by atoms with van der Waals surface area (Å²) in [5, 5.41) is 0. The summed E-state index contributed by atoms with van der Waals surface area (Å²) < 4.78 is 6.12. The fraction of sp³-hybridized carbons (Fsp3) is 0.632.